The average Bonchev–Trinajstić information content (AvgIpc) is 2.91. The van der Waals surface area contributed by atoms with Crippen LogP contribution in [0.2, 0.25) is 5.02 Å². The number of likely N-dealkylation sites (tertiary alicyclic amines) is 1. The molecule has 0 aliphatic carbocycles. The number of hydrogen-bond donors (Lipinski definition) is 1. The van der Waals surface area contributed by atoms with Gasteiger partial charge in [-0.15, -0.1) is 0 Å². The molecule has 2 aromatic carbocycles. The first-order chi connectivity index (χ1) is 17.4. The topological polar surface area (TPSA) is 58.1 Å². The lowest BCUT2D eigenvalue weighted by atomic mass is 10.1. The summed E-state index contributed by atoms with van der Waals surface area (Å²) in [5.74, 6) is 1.61. The van der Waals surface area contributed by atoms with Crippen molar-refractivity contribution in [3.05, 3.63) is 87.7 Å². The number of aryl methyl sites for hydroxylation is 3. The summed E-state index contributed by atoms with van der Waals surface area (Å²) < 4.78 is 0. The van der Waals surface area contributed by atoms with Gasteiger partial charge in [-0.25, -0.2) is 9.97 Å². The molecule has 1 aliphatic heterocycles. The van der Waals surface area contributed by atoms with Crippen LogP contribution in [-0.2, 0) is 6.42 Å². The molecule has 198 valence electrons. The summed E-state index contributed by atoms with van der Waals surface area (Å²) in [6, 6.07) is 14.1. The van der Waals surface area contributed by atoms with E-state index in [2.05, 4.69) is 39.7 Å². The highest BCUT2D eigenvalue weighted by atomic mass is 35.5. The molecule has 4 rings (SSSR count). The fraction of sp³-hybridized carbons (Fsp3) is 0.367. The molecule has 0 spiro atoms. The molecule has 1 aliphatic rings. The Labute approximate surface area is 231 Å². The third kappa shape index (κ3) is 9.20. The lowest BCUT2D eigenvalue weighted by Crippen LogP contribution is -2.35. The predicted octanol–water partition coefficient (Wildman–Crippen LogP) is 8.63. The summed E-state index contributed by atoms with van der Waals surface area (Å²) in [6.45, 7) is 10.0. The van der Waals surface area contributed by atoms with E-state index in [-0.39, 0.29) is 13.3 Å². The molecule has 3 aromatic rings. The van der Waals surface area contributed by atoms with Crippen molar-refractivity contribution in [3.63, 3.8) is 0 Å². The minimum absolute atomic E-state index is 0. The Morgan fingerprint density at radius 2 is 1.81 bits per heavy atom. The second-order valence-electron chi connectivity index (χ2n) is 8.75. The van der Waals surface area contributed by atoms with Gasteiger partial charge in [0.05, 0.1) is 6.20 Å². The quantitative estimate of drug-likeness (QED) is 0.318. The third-order valence-electron chi connectivity index (χ3n) is 5.83. The van der Waals surface area contributed by atoms with Crippen molar-refractivity contribution >= 4 is 40.8 Å². The second kappa shape index (κ2) is 15.4. The van der Waals surface area contributed by atoms with Gasteiger partial charge in [-0.05, 0) is 75.3 Å². The maximum atomic E-state index is 12.0. The second-order valence-corrected chi connectivity index (χ2v) is 10.1. The number of halogens is 1. The summed E-state index contributed by atoms with van der Waals surface area (Å²) in [5, 5.41) is 5.86. The molecule has 1 aromatic heterocycles. The van der Waals surface area contributed by atoms with E-state index < -0.39 is 0 Å². The number of thioether (sulfide) groups is 1. The van der Waals surface area contributed by atoms with E-state index in [9.17, 15) is 4.79 Å². The van der Waals surface area contributed by atoms with Crippen LogP contribution in [0.5, 0.6) is 0 Å². The van der Waals surface area contributed by atoms with Gasteiger partial charge in [0.2, 0.25) is 0 Å². The minimum atomic E-state index is 0. The van der Waals surface area contributed by atoms with Gasteiger partial charge < -0.3 is 10.2 Å². The number of rotatable bonds is 6. The van der Waals surface area contributed by atoms with E-state index in [1.807, 2.05) is 62.1 Å². The van der Waals surface area contributed by atoms with E-state index in [0.717, 1.165) is 49.4 Å². The first-order valence-corrected chi connectivity index (χ1v) is 13.7. The number of carbonyl (C=O) groups is 1. The normalized spacial score (nSPS) is 12.9. The van der Waals surface area contributed by atoms with Crippen molar-refractivity contribution in [1.29, 1.82) is 0 Å². The number of nitrogens with one attached hydrogen (secondary N) is 1. The maximum absolute atomic E-state index is 12.0. The molecule has 2 heterocycles. The van der Waals surface area contributed by atoms with Crippen molar-refractivity contribution in [2.75, 3.05) is 18.4 Å². The van der Waals surface area contributed by atoms with Crippen LogP contribution in [0.1, 0.15) is 67.8 Å². The van der Waals surface area contributed by atoms with Crippen molar-refractivity contribution in [3.8, 4) is 0 Å². The van der Waals surface area contributed by atoms with Crippen LogP contribution in [0.4, 0.5) is 11.5 Å². The van der Waals surface area contributed by atoms with Gasteiger partial charge in [0, 0.05) is 35.7 Å². The molecule has 1 amide bonds. The monoisotopic (exact) mass is 538 g/mol. The van der Waals surface area contributed by atoms with Crippen LogP contribution in [-0.4, -0.2) is 33.9 Å². The van der Waals surface area contributed by atoms with Crippen molar-refractivity contribution < 1.29 is 4.79 Å². The van der Waals surface area contributed by atoms with E-state index >= 15 is 0 Å². The number of hydrogen-bond acceptors (Lipinski definition) is 5. The maximum Gasteiger partial charge on any atom is 0.253 e. The highest BCUT2D eigenvalue weighted by Gasteiger charge is 2.17. The zero-order valence-electron chi connectivity index (χ0n) is 21.6. The fourth-order valence-electron chi connectivity index (χ4n) is 3.72. The van der Waals surface area contributed by atoms with Gasteiger partial charge in [-0.1, -0.05) is 67.6 Å². The number of allylic oxidation sites excluding steroid dienone is 1. The Kier molecular flexibility index (Phi) is 12.7. The van der Waals surface area contributed by atoms with Crippen molar-refractivity contribution in [2.45, 2.75) is 65.7 Å². The third-order valence-corrected chi connectivity index (χ3v) is 7.21. The summed E-state index contributed by atoms with van der Waals surface area (Å²) in [5.41, 5.74) is 4.23. The lowest BCUT2D eigenvalue weighted by Gasteiger charge is -2.26. The van der Waals surface area contributed by atoms with Gasteiger partial charge >= 0.3 is 0 Å². The van der Waals surface area contributed by atoms with Gasteiger partial charge in [0.25, 0.3) is 5.91 Å². The molecule has 0 bridgehead atoms. The Bertz CT molecular complexity index is 1170. The summed E-state index contributed by atoms with van der Waals surface area (Å²) >= 11 is 7.85. The Balaban J connectivity index is 0.000000266. The van der Waals surface area contributed by atoms with Crippen molar-refractivity contribution in [2.24, 2.45) is 0 Å². The molecule has 1 N–H and O–H groups in total. The van der Waals surface area contributed by atoms with Gasteiger partial charge in [-0.3, -0.25) is 4.79 Å². The predicted molar refractivity (Wildman–Crippen MR) is 159 cm³/mol. The highest BCUT2D eigenvalue weighted by Crippen LogP contribution is 2.29. The number of anilines is 2. The number of carbonyl (C=O) groups excluding carboxylic acids is 1. The lowest BCUT2D eigenvalue weighted by molar-refractivity contribution is 0.0724. The summed E-state index contributed by atoms with van der Waals surface area (Å²) in [4.78, 5) is 23.8. The highest BCUT2D eigenvalue weighted by molar-refractivity contribution is 8.02. The number of nitrogens with zero attached hydrogens (tertiary/aromatic N) is 3. The van der Waals surface area contributed by atoms with Crippen LogP contribution in [0, 0.1) is 13.8 Å². The SMILES string of the molecule is C.C/C=C\Sc1cc(Nc2nc(CC)ncc2Cl)ccc1C.Cc1ccc(C(=O)N2CCCCC2)cc1. The molecule has 0 atom stereocenters. The van der Waals surface area contributed by atoms with Crippen LogP contribution < -0.4 is 5.32 Å². The molecule has 0 radical (unpaired) electrons. The number of aromatic nitrogens is 2. The molecular formula is C30H39ClN4OS. The van der Waals surface area contributed by atoms with Crippen LogP contribution in [0.25, 0.3) is 0 Å². The molecule has 1 fully saturated rings. The van der Waals surface area contributed by atoms with Crippen molar-refractivity contribution in [1.82, 2.24) is 14.9 Å². The van der Waals surface area contributed by atoms with Gasteiger partial charge in [0.15, 0.2) is 5.82 Å². The van der Waals surface area contributed by atoms with Gasteiger partial charge in [-0.2, -0.15) is 0 Å². The molecular weight excluding hydrogens is 500 g/mol. The Morgan fingerprint density at radius 1 is 1.11 bits per heavy atom. The molecule has 37 heavy (non-hydrogen) atoms. The molecule has 7 heteroatoms. The number of benzene rings is 2. The first kappa shape index (κ1) is 30.4. The van der Waals surface area contributed by atoms with Gasteiger partial charge in [0.1, 0.15) is 10.8 Å². The molecule has 0 unspecified atom stereocenters. The average molecular weight is 539 g/mol. The molecule has 5 nitrogen and oxygen atoms in total. The Morgan fingerprint density at radius 3 is 2.46 bits per heavy atom. The van der Waals surface area contributed by atoms with E-state index in [1.54, 1.807) is 18.0 Å². The zero-order valence-corrected chi connectivity index (χ0v) is 23.1. The fourth-order valence-corrected chi connectivity index (χ4v) is 4.59. The first-order valence-electron chi connectivity index (χ1n) is 12.4. The van der Waals surface area contributed by atoms with Crippen LogP contribution in [0.3, 0.4) is 0 Å². The molecule has 0 saturated carbocycles. The van der Waals surface area contributed by atoms with E-state index in [0.29, 0.717) is 10.8 Å². The van der Waals surface area contributed by atoms with Crippen LogP contribution in [0.15, 0.2) is 65.0 Å². The largest absolute Gasteiger partial charge is 0.339 e. The minimum Gasteiger partial charge on any atom is -0.339 e. The smallest absolute Gasteiger partial charge is 0.253 e. The standard InChI is InChI=1S/C16H18ClN3S.C13H17NO.CH4/c1-4-8-21-14-9-12(7-6-11(14)3)19-16-13(17)10-18-15(5-2)20-16;1-11-5-7-12(8-6-11)13(15)14-9-3-2-4-10-14;/h4,6-10H,5H2,1-3H3,(H,18,19,20);5-8H,2-4,9-10H2,1H3;1H4/b8-4-;;. The number of amides is 1. The van der Waals surface area contributed by atoms with Crippen LogP contribution >= 0.6 is 23.4 Å². The zero-order chi connectivity index (χ0) is 25.9. The Hall–Kier alpha value is -2.83. The number of piperidine rings is 1. The summed E-state index contributed by atoms with van der Waals surface area (Å²) in [7, 11) is 0. The van der Waals surface area contributed by atoms with E-state index in [4.69, 9.17) is 11.6 Å². The van der Waals surface area contributed by atoms with E-state index in [1.165, 1.54) is 22.4 Å². The molecule has 1 saturated heterocycles. The summed E-state index contributed by atoms with van der Waals surface area (Å²) in [6.07, 6.45) is 8.01.